The number of carbonyl (C=O) groups is 1. The number of hydrogen-bond acceptors (Lipinski definition) is 4. The highest BCUT2D eigenvalue weighted by atomic mass is 32.1. The van der Waals surface area contributed by atoms with Crippen molar-refractivity contribution >= 4 is 22.4 Å². The third-order valence-corrected chi connectivity index (χ3v) is 3.91. The normalized spacial score (nSPS) is 14.4. The van der Waals surface area contributed by atoms with Gasteiger partial charge in [0.25, 0.3) is 5.91 Å². The highest BCUT2D eigenvalue weighted by molar-refractivity contribution is 7.14. The lowest BCUT2D eigenvalue weighted by Crippen LogP contribution is -2.12. The van der Waals surface area contributed by atoms with Gasteiger partial charge in [0.2, 0.25) is 0 Å². The lowest BCUT2D eigenvalue weighted by molar-refractivity contribution is 0.102. The second kappa shape index (κ2) is 4.66. The van der Waals surface area contributed by atoms with Crippen LogP contribution in [0.3, 0.4) is 0 Å². The summed E-state index contributed by atoms with van der Waals surface area (Å²) in [5.41, 5.74) is 2.28. The van der Waals surface area contributed by atoms with Crippen molar-refractivity contribution in [3.8, 4) is 5.75 Å². The Morgan fingerprint density at radius 2 is 2.26 bits per heavy atom. The van der Waals surface area contributed by atoms with Gasteiger partial charge in [0, 0.05) is 11.3 Å². The summed E-state index contributed by atoms with van der Waals surface area (Å²) in [7, 11) is 0. The van der Waals surface area contributed by atoms with E-state index in [1.165, 1.54) is 30.2 Å². The zero-order chi connectivity index (χ0) is 13.4. The van der Waals surface area contributed by atoms with Crippen LogP contribution in [0.25, 0.3) is 0 Å². The van der Waals surface area contributed by atoms with Gasteiger partial charge in [-0.1, -0.05) is 11.6 Å². The van der Waals surface area contributed by atoms with Gasteiger partial charge in [0.1, 0.15) is 5.75 Å². The number of benzene rings is 1. The Morgan fingerprint density at radius 3 is 3.00 bits per heavy atom. The molecule has 19 heavy (non-hydrogen) atoms. The number of thiazole rings is 1. The SMILES string of the molecule is Cc1ccc(O)c(C(=O)Nc2nc(C3CC3)cs2)c1. The number of carbonyl (C=O) groups excluding carboxylic acids is 1. The molecule has 2 N–H and O–H groups in total. The second-order valence-corrected chi connectivity index (χ2v) is 5.68. The summed E-state index contributed by atoms with van der Waals surface area (Å²) in [4.78, 5) is 16.5. The Kier molecular flexibility index (Phi) is 2.98. The summed E-state index contributed by atoms with van der Waals surface area (Å²) in [6.45, 7) is 1.88. The molecule has 1 aromatic heterocycles. The highest BCUT2D eigenvalue weighted by Crippen LogP contribution is 2.40. The van der Waals surface area contributed by atoms with Crippen LogP contribution in [-0.4, -0.2) is 16.0 Å². The number of aromatic nitrogens is 1. The Bertz CT molecular complexity index is 632. The molecule has 0 saturated heterocycles. The van der Waals surface area contributed by atoms with E-state index < -0.39 is 0 Å². The molecule has 3 rings (SSSR count). The van der Waals surface area contributed by atoms with Crippen molar-refractivity contribution in [3.63, 3.8) is 0 Å². The number of nitrogens with one attached hydrogen (secondary N) is 1. The lowest BCUT2D eigenvalue weighted by atomic mass is 10.1. The molecule has 0 spiro atoms. The summed E-state index contributed by atoms with van der Waals surface area (Å²) < 4.78 is 0. The third kappa shape index (κ3) is 2.61. The number of aromatic hydroxyl groups is 1. The van der Waals surface area contributed by atoms with Gasteiger partial charge in [-0.25, -0.2) is 4.98 Å². The summed E-state index contributed by atoms with van der Waals surface area (Å²) in [6.07, 6.45) is 2.38. The molecule has 1 aliphatic carbocycles. The van der Waals surface area contributed by atoms with Crippen molar-refractivity contribution in [2.45, 2.75) is 25.7 Å². The van der Waals surface area contributed by atoms with E-state index in [4.69, 9.17) is 0 Å². The van der Waals surface area contributed by atoms with Gasteiger partial charge in [-0.3, -0.25) is 10.1 Å². The molecule has 1 aromatic carbocycles. The van der Waals surface area contributed by atoms with Crippen LogP contribution in [0.1, 0.15) is 40.4 Å². The average molecular weight is 274 g/mol. The summed E-state index contributed by atoms with van der Waals surface area (Å²) >= 11 is 1.43. The van der Waals surface area contributed by atoms with Crippen LogP contribution in [0.15, 0.2) is 23.6 Å². The van der Waals surface area contributed by atoms with Crippen LogP contribution in [0.5, 0.6) is 5.75 Å². The Balaban J connectivity index is 1.77. The van der Waals surface area contributed by atoms with Gasteiger partial charge < -0.3 is 5.11 Å². The molecule has 0 atom stereocenters. The molecule has 1 fully saturated rings. The third-order valence-electron chi connectivity index (χ3n) is 3.13. The molecule has 1 heterocycles. The highest BCUT2D eigenvalue weighted by Gasteiger charge is 2.26. The fourth-order valence-electron chi connectivity index (χ4n) is 1.91. The number of phenols is 1. The van der Waals surface area contributed by atoms with Crippen LogP contribution in [0, 0.1) is 6.92 Å². The van der Waals surface area contributed by atoms with E-state index in [0.717, 1.165) is 11.3 Å². The van der Waals surface area contributed by atoms with Crippen LogP contribution in [-0.2, 0) is 0 Å². The zero-order valence-electron chi connectivity index (χ0n) is 10.5. The van der Waals surface area contributed by atoms with E-state index >= 15 is 0 Å². The van der Waals surface area contributed by atoms with E-state index in [2.05, 4.69) is 10.3 Å². The van der Waals surface area contributed by atoms with Crippen LogP contribution < -0.4 is 5.32 Å². The van der Waals surface area contributed by atoms with Gasteiger partial charge in [-0.15, -0.1) is 11.3 Å². The Hall–Kier alpha value is -1.88. The van der Waals surface area contributed by atoms with E-state index in [-0.39, 0.29) is 17.2 Å². The number of aryl methyl sites for hydroxylation is 1. The summed E-state index contributed by atoms with van der Waals surface area (Å²) in [6, 6.07) is 4.96. The number of amides is 1. The van der Waals surface area contributed by atoms with Crippen molar-refractivity contribution in [2.24, 2.45) is 0 Å². The molecular weight excluding hydrogens is 260 g/mol. The van der Waals surface area contributed by atoms with Gasteiger partial charge in [0.05, 0.1) is 11.3 Å². The second-order valence-electron chi connectivity index (χ2n) is 4.83. The molecule has 4 nitrogen and oxygen atoms in total. The molecule has 0 aliphatic heterocycles. The summed E-state index contributed by atoms with van der Waals surface area (Å²) in [5, 5.41) is 15.0. The molecule has 2 aromatic rings. The van der Waals surface area contributed by atoms with E-state index in [0.29, 0.717) is 11.0 Å². The molecule has 0 radical (unpaired) electrons. The fraction of sp³-hybridized carbons (Fsp3) is 0.286. The first-order chi connectivity index (χ1) is 9.13. The first kappa shape index (κ1) is 12.2. The maximum Gasteiger partial charge on any atom is 0.261 e. The lowest BCUT2D eigenvalue weighted by Gasteiger charge is -2.05. The van der Waals surface area contributed by atoms with Crippen molar-refractivity contribution in [2.75, 3.05) is 5.32 Å². The van der Waals surface area contributed by atoms with Crippen molar-refractivity contribution in [1.29, 1.82) is 0 Å². The van der Waals surface area contributed by atoms with E-state index in [1.807, 2.05) is 12.3 Å². The van der Waals surface area contributed by atoms with Crippen LogP contribution in [0.2, 0.25) is 0 Å². The number of phenolic OH excluding ortho intramolecular Hbond substituents is 1. The maximum absolute atomic E-state index is 12.1. The number of nitrogens with zero attached hydrogens (tertiary/aromatic N) is 1. The minimum Gasteiger partial charge on any atom is -0.507 e. The molecule has 1 saturated carbocycles. The van der Waals surface area contributed by atoms with Crippen LogP contribution in [0.4, 0.5) is 5.13 Å². The first-order valence-corrected chi connectivity index (χ1v) is 7.08. The predicted octanol–water partition coefficient (Wildman–Crippen LogP) is 3.29. The molecule has 1 aliphatic rings. The predicted molar refractivity (Wildman–Crippen MR) is 74.9 cm³/mol. The smallest absolute Gasteiger partial charge is 0.261 e. The van der Waals surface area contributed by atoms with Crippen molar-refractivity contribution in [1.82, 2.24) is 4.98 Å². The quantitative estimate of drug-likeness (QED) is 0.902. The largest absolute Gasteiger partial charge is 0.507 e. The molecule has 0 bridgehead atoms. The van der Waals surface area contributed by atoms with Crippen LogP contribution >= 0.6 is 11.3 Å². The minimum atomic E-state index is -0.321. The zero-order valence-corrected chi connectivity index (χ0v) is 11.3. The maximum atomic E-state index is 12.1. The number of hydrogen-bond donors (Lipinski definition) is 2. The first-order valence-electron chi connectivity index (χ1n) is 6.20. The standard InChI is InChI=1S/C14H14N2O2S/c1-8-2-5-12(17)10(6-8)13(18)16-14-15-11(7-19-14)9-3-4-9/h2,5-7,9,17H,3-4H2,1H3,(H,15,16,18). The molecule has 1 amide bonds. The number of anilines is 1. The Morgan fingerprint density at radius 1 is 1.47 bits per heavy atom. The van der Waals surface area contributed by atoms with Gasteiger partial charge in [0.15, 0.2) is 5.13 Å². The van der Waals surface area contributed by atoms with Gasteiger partial charge in [-0.05, 0) is 31.9 Å². The van der Waals surface area contributed by atoms with E-state index in [1.54, 1.807) is 12.1 Å². The van der Waals surface area contributed by atoms with Crippen molar-refractivity contribution in [3.05, 3.63) is 40.4 Å². The van der Waals surface area contributed by atoms with Gasteiger partial charge in [-0.2, -0.15) is 0 Å². The fourth-order valence-corrected chi connectivity index (χ4v) is 2.69. The number of rotatable bonds is 3. The van der Waals surface area contributed by atoms with Crippen molar-refractivity contribution < 1.29 is 9.90 Å². The molecular formula is C14H14N2O2S. The topological polar surface area (TPSA) is 62.2 Å². The molecule has 5 heteroatoms. The molecule has 0 unspecified atom stereocenters. The van der Waals surface area contributed by atoms with E-state index in [9.17, 15) is 9.90 Å². The summed E-state index contributed by atoms with van der Waals surface area (Å²) in [5.74, 6) is 0.245. The van der Waals surface area contributed by atoms with Gasteiger partial charge >= 0.3 is 0 Å². The Labute approximate surface area is 115 Å². The minimum absolute atomic E-state index is 0.0120. The average Bonchev–Trinajstić information content (AvgIpc) is 3.13. The molecule has 98 valence electrons. The monoisotopic (exact) mass is 274 g/mol.